The molecule has 0 bridgehead atoms. The number of nitrogens with one attached hydrogen (secondary N) is 1. The fourth-order valence-electron chi connectivity index (χ4n) is 2.18. The molecule has 0 aliphatic heterocycles. The molecule has 0 spiro atoms. The second-order valence-corrected chi connectivity index (χ2v) is 5.95. The normalized spacial score (nSPS) is 10.9. The lowest BCUT2D eigenvalue weighted by Gasteiger charge is -1.99. The quantitative estimate of drug-likeness (QED) is 0.714. The number of fused-ring (bicyclic) bond motifs is 1. The third-order valence-corrected chi connectivity index (χ3v) is 4.31. The Morgan fingerprint density at radius 1 is 1.12 bits per heavy atom. The minimum atomic E-state index is -0.233. The Kier molecular flexibility index (Phi) is 4.77. The summed E-state index contributed by atoms with van der Waals surface area (Å²) in [4.78, 5) is 16.5. The number of nitrogens with zero attached hydrogens (tertiary/aromatic N) is 1. The smallest absolute Gasteiger partial charge is 0.250 e. The van der Waals surface area contributed by atoms with Crippen molar-refractivity contribution in [3.05, 3.63) is 54.1 Å². The number of carbonyl (C=O) groups is 1. The molecule has 0 saturated heterocycles. The summed E-state index contributed by atoms with van der Waals surface area (Å²) in [6.45, 7) is 0. The molecule has 1 heterocycles. The van der Waals surface area contributed by atoms with E-state index in [4.69, 9.17) is 9.47 Å². The van der Waals surface area contributed by atoms with E-state index in [0.29, 0.717) is 10.9 Å². The van der Waals surface area contributed by atoms with Gasteiger partial charge in [-0.2, -0.15) is 0 Å². The molecule has 0 radical (unpaired) electrons. The number of rotatable bonds is 5. The van der Waals surface area contributed by atoms with Gasteiger partial charge in [0, 0.05) is 6.08 Å². The van der Waals surface area contributed by atoms with Crippen LogP contribution in [-0.4, -0.2) is 25.1 Å². The van der Waals surface area contributed by atoms with Gasteiger partial charge in [-0.25, -0.2) is 4.98 Å². The Hall–Kier alpha value is -2.86. The minimum absolute atomic E-state index is 0.233. The van der Waals surface area contributed by atoms with Crippen molar-refractivity contribution in [3.63, 3.8) is 0 Å². The van der Waals surface area contributed by atoms with Gasteiger partial charge in [0.15, 0.2) is 5.13 Å². The second-order valence-electron chi connectivity index (χ2n) is 4.92. The van der Waals surface area contributed by atoms with Crippen molar-refractivity contribution in [2.75, 3.05) is 19.5 Å². The number of para-hydroxylation sites is 1. The average Bonchev–Trinajstić information content (AvgIpc) is 3.02. The van der Waals surface area contributed by atoms with E-state index in [-0.39, 0.29) is 5.91 Å². The number of hydrogen-bond acceptors (Lipinski definition) is 5. The molecule has 1 N–H and O–H groups in total. The van der Waals surface area contributed by atoms with Gasteiger partial charge in [0.2, 0.25) is 5.91 Å². The summed E-state index contributed by atoms with van der Waals surface area (Å²) < 4.78 is 11.3. The average molecular weight is 340 g/mol. The van der Waals surface area contributed by atoms with Crippen LogP contribution in [0.3, 0.4) is 0 Å². The van der Waals surface area contributed by atoms with E-state index in [2.05, 4.69) is 10.3 Å². The monoisotopic (exact) mass is 340 g/mol. The lowest BCUT2D eigenvalue weighted by Crippen LogP contribution is -2.07. The van der Waals surface area contributed by atoms with Crippen molar-refractivity contribution in [3.8, 4) is 11.5 Å². The third kappa shape index (κ3) is 3.55. The first kappa shape index (κ1) is 16.0. The summed E-state index contributed by atoms with van der Waals surface area (Å²) in [7, 11) is 3.22. The molecular formula is C18H16N2O3S. The van der Waals surface area contributed by atoms with Crippen LogP contribution < -0.4 is 14.8 Å². The molecule has 5 nitrogen and oxygen atoms in total. The lowest BCUT2D eigenvalue weighted by molar-refractivity contribution is -0.111. The minimum Gasteiger partial charge on any atom is -0.497 e. The van der Waals surface area contributed by atoms with Crippen LogP contribution in [0.2, 0.25) is 0 Å². The molecule has 6 heteroatoms. The molecule has 0 fully saturated rings. The van der Waals surface area contributed by atoms with Gasteiger partial charge in [-0.1, -0.05) is 29.5 Å². The summed E-state index contributed by atoms with van der Waals surface area (Å²) in [5.41, 5.74) is 1.66. The molecule has 0 unspecified atom stereocenters. The van der Waals surface area contributed by atoms with Crippen molar-refractivity contribution >= 4 is 38.7 Å². The fourth-order valence-corrected chi connectivity index (χ4v) is 3.06. The number of methoxy groups -OCH3 is 2. The molecular weight excluding hydrogens is 324 g/mol. The van der Waals surface area contributed by atoms with Gasteiger partial charge in [-0.05, 0) is 35.9 Å². The molecule has 24 heavy (non-hydrogen) atoms. The predicted molar refractivity (Wildman–Crippen MR) is 96.8 cm³/mol. The number of ether oxygens (including phenoxy) is 2. The lowest BCUT2D eigenvalue weighted by atomic mass is 10.2. The van der Waals surface area contributed by atoms with Crippen molar-refractivity contribution in [1.82, 2.24) is 4.98 Å². The van der Waals surface area contributed by atoms with Crippen LogP contribution in [-0.2, 0) is 4.79 Å². The zero-order chi connectivity index (χ0) is 16.9. The molecule has 0 atom stereocenters. The maximum absolute atomic E-state index is 12.1. The number of thiazole rings is 1. The van der Waals surface area contributed by atoms with Gasteiger partial charge in [0.1, 0.15) is 17.0 Å². The molecule has 1 amide bonds. The first-order valence-electron chi connectivity index (χ1n) is 7.26. The standard InChI is InChI=1S/C18H16N2O3S/c1-22-13-9-6-12(7-10-13)8-11-16(21)19-18-20-17-14(23-2)4-3-5-15(17)24-18/h3-11H,1-2H3,(H,19,20,21)/b11-8+. The molecule has 1 aromatic heterocycles. The molecule has 2 aromatic carbocycles. The maximum atomic E-state index is 12.1. The van der Waals surface area contributed by atoms with Crippen LogP contribution in [0.25, 0.3) is 16.3 Å². The highest BCUT2D eigenvalue weighted by Gasteiger charge is 2.09. The van der Waals surface area contributed by atoms with Gasteiger partial charge >= 0.3 is 0 Å². The van der Waals surface area contributed by atoms with Gasteiger partial charge in [0.25, 0.3) is 0 Å². The number of aromatic nitrogens is 1. The molecule has 3 aromatic rings. The highest BCUT2D eigenvalue weighted by molar-refractivity contribution is 7.22. The zero-order valence-electron chi connectivity index (χ0n) is 13.3. The summed E-state index contributed by atoms with van der Waals surface area (Å²) in [6, 6.07) is 13.1. The fraction of sp³-hybridized carbons (Fsp3) is 0.111. The van der Waals surface area contributed by atoms with Crippen molar-refractivity contribution in [1.29, 1.82) is 0 Å². The summed E-state index contributed by atoms with van der Waals surface area (Å²) in [5.74, 6) is 1.24. The molecule has 3 rings (SSSR count). The third-order valence-electron chi connectivity index (χ3n) is 3.37. The Balaban J connectivity index is 1.71. The van der Waals surface area contributed by atoms with E-state index in [1.54, 1.807) is 20.3 Å². The summed E-state index contributed by atoms with van der Waals surface area (Å²) >= 11 is 1.41. The van der Waals surface area contributed by atoms with E-state index >= 15 is 0 Å². The van der Waals surface area contributed by atoms with Crippen LogP contribution in [0.15, 0.2) is 48.5 Å². The van der Waals surface area contributed by atoms with Gasteiger partial charge < -0.3 is 9.47 Å². The predicted octanol–water partition coefficient (Wildman–Crippen LogP) is 3.97. The number of carbonyl (C=O) groups excluding carboxylic acids is 1. The highest BCUT2D eigenvalue weighted by Crippen LogP contribution is 2.32. The Morgan fingerprint density at radius 2 is 1.92 bits per heavy atom. The highest BCUT2D eigenvalue weighted by atomic mass is 32.1. The maximum Gasteiger partial charge on any atom is 0.250 e. The van der Waals surface area contributed by atoms with Crippen LogP contribution in [0.5, 0.6) is 11.5 Å². The second kappa shape index (κ2) is 7.14. The molecule has 0 aliphatic rings. The number of amides is 1. The molecule has 0 aliphatic carbocycles. The van der Waals surface area contributed by atoms with Crippen LogP contribution >= 0.6 is 11.3 Å². The van der Waals surface area contributed by atoms with E-state index in [0.717, 1.165) is 21.5 Å². The van der Waals surface area contributed by atoms with Crippen LogP contribution in [0.1, 0.15) is 5.56 Å². The first-order chi connectivity index (χ1) is 11.7. The van der Waals surface area contributed by atoms with Gasteiger partial charge in [-0.15, -0.1) is 0 Å². The van der Waals surface area contributed by atoms with Crippen molar-refractivity contribution in [2.45, 2.75) is 0 Å². The SMILES string of the molecule is COc1ccc(/C=C/C(=O)Nc2nc3c(OC)cccc3s2)cc1. The van der Waals surface area contributed by atoms with Gasteiger partial charge in [-0.3, -0.25) is 10.1 Å². The van der Waals surface area contributed by atoms with Crippen molar-refractivity contribution in [2.24, 2.45) is 0 Å². The summed E-state index contributed by atoms with van der Waals surface area (Å²) in [5, 5.41) is 3.32. The number of hydrogen-bond donors (Lipinski definition) is 1. The van der Waals surface area contributed by atoms with E-state index in [9.17, 15) is 4.79 Å². The topological polar surface area (TPSA) is 60.5 Å². The van der Waals surface area contributed by atoms with E-state index in [1.165, 1.54) is 17.4 Å². The van der Waals surface area contributed by atoms with E-state index < -0.39 is 0 Å². The molecule has 122 valence electrons. The summed E-state index contributed by atoms with van der Waals surface area (Å²) in [6.07, 6.45) is 3.22. The van der Waals surface area contributed by atoms with E-state index in [1.807, 2.05) is 42.5 Å². The Bertz CT molecular complexity index is 885. The van der Waals surface area contributed by atoms with Crippen molar-refractivity contribution < 1.29 is 14.3 Å². The molecule has 0 saturated carbocycles. The Labute approximate surface area is 143 Å². The Morgan fingerprint density at radius 3 is 2.62 bits per heavy atom. The van der Waals surface area contributed by atoms with Crippen LogP contribution in [0, 0.1) is 0 Å². The van der Waals surface area contributed by atoms with Gasteiger partial charge in [0.05, 0.1) is 18.9 Å². The largest absolute Gasteiger partial charge is 0.497 e. The number of benzene rings is 2. The number of anilines is 1. The zero-order valence-corrected chi connectivity index (χ0v) is 14.1. The van der Waals surface area contributed by atoms with Crippen LogP contribution in [0.4, 0.5) is 5.13 Å². The first-order valence-corrected chi connectivity index (χ1v) is 8.08.